The van der Waals surface area contributed by atoms with Gasteiger partial charge in [0.25, 0.3) is 6.43 Å². The number of halogens is 2. The second kappa shape index (κ2) is 6.52. The number of nitrogens with zero attached hydrogens (tertiary/aromatic N) is 2. The number of hydrogen-bond donors (Lipinski definition) is 2. The lowest BCUT2D eigenvalue weighted by Gasteiger charge is -2.22. The summed E-state index contributed by atoms with van der Waals surface area (Å²) in [6.07, 6.45) is 1.12. The smallest absolute Gasteiger partial charge is 0.297 e. The summed E-state index contributed by atoms with van der Waals surface area (Å²) in [6.45, 7) is 0.148. The van der Waals surface area contributed by atoms with Crippen LogP contribution in [0.2, 0.25) is 0 Å². The van der Waals surface area contributed by atoms with E-state index < -0.39 is 12.2 Å². The summed E-state index contributed by atoms with van der Waals surface area (Å²) in [5, 5.41) is 13.2. The van der Waals surface area contributed by atoms with E-state index in [2.05, 4.69) is 15.3 Å². The van der Waals surface area contributed by atoms with E-state index in [0.29, 0.717) is 17.3 Å². The summed E-state index contributed by atoms with van der Waals surface area (Å²) >= 11 is 0. The molecule has 0 saturated heterocycles. The first-order chi connectivity index (χ1) is 10.7. The molecule has 1 aromatic heterocycles. The van der Waals surface area contributed by atoms with E-state index in [1.807, 2.05) is 12.1 Å². The van der Waals surface area contributed by atoms with Gasteiger partial charge in [-0.3, -0.25) is 0 Å². The fourth-order valence-corrected chi connectivity index (χ4v) is 3.22. The zero-order valence-corrected chi connectivity index (χ0v) is 12.2. The second-order valence-electron chi connectivity index (χ2n) is 5.70. The van der Waals surface area contributed by atoms with Crippen LogP contribution in [0.25, 0.3) is 10.9 Å². The molecule has 1 heterocycles. The predicted octanol–water partition coefficient (Wildman–Crippen LogP) is 3.53. The maximum atomic E-state index is 13.0. The van der Waals surface area contributed by atoms with Crippen LogP contribution in [0, 0.1) is 5.92 Å². The van der Waals surface area contributed by atoms with E-state index in [9.17, 15) is 8.78 Å². The number of anilines is 1. The largest absolute Gasteiger partial charge is 0.396 e. The molecule has 22 heavy (non-hydrogen) atoms. The Morgan fingerprint density at radius 2 is 2.05 bits per heavy atom. The molecule has 1 aliphatic rings. The van der Waals surface area contributed by atoms with Crippen molar-refractivity contribution in [1.29, 1.82) is 0 Å². The van der Waals surface area contributed by atoms with Gasteiger partial charge in [-0.05, 0) is 37.3 Å². The molecule has 3 rings (SSSR count). The van der Waals surface area contributed by atoms with Crippen molar-refractivity contribution in [3.05, 3.63) is 30.1 Å². The van der Waals surface area contributed by atoms with Gasteiger partial charge in [-0.2, -0.15) is 0 Å². The number of rotatable bonds is 5. The van der Waals surface area contributed by atoms with Crippen molar-refractivity contribution in [2.75, 3.05) is 11.9 Å². The van der Waals surface area contributed by atoms with Crippen LogP contribution >= 0.6 is 0 Å². The second-order valence-corrected chi connectivity index (χ2v) is 5.70. The highest BCUT2D eigenvalue weighted by Gasteiger charge is 2.28. The molecular formula is C16H19F2N3O. The molecule has 1 aromatic carbocycles. The minimum Gasteiger partial charge on any atom is -0.396 e. The van der Waals surface area contributed by atoms with Crippen LogP contribution < -0.4 is 5.32 Å². The molecule has 0 amide bonds. The minimum atomic E-state index is -2.69. The van der Waals surface area contributed by atoms with Crippen molar-refractivity contribution >= 4 is 16.7 Å². The van der Waals surface area contributed by atoms with Crippen LogP contribution in [-0.2, 0) is 0 Å². The maximum Gasteiger partial charge on any atom is 0.297 e. The van der Waals surface area contributed by atoms with Gasteiger partial charge in [0.05, 0.1) is 5.52 Å². The average Bonchev–Trinajstić information content (AvgIpc) is 2.94. The van der Waals surface area contributed by atoms with E-state index in [0.717, 1.165) is 31.1 Å². The van der Waals surface area contributed by atoms with Crippen LogP contribution in [0.1, 0.15) is 37.9 Å². The first-order valence-electron chi connectivity index (χ1n) is 7.61. The highest BCUT2D eigenvalue weighted by atomic mass is 19.3. The Morgan fingerprint density at radius 3 is 2.82 bits per heavy atom. The van der Waals surface area contributed by atoms with E-state index >= 15 is 0 Å². The van der Waals surface area contributed by atoms with E-state index in [1.165, 1.54) is 0 Å². The minimum absolute atomic E-state index is 0.148. The summed E-state index contributed by atoms with van der Waals surface area (Å²) in [4.78, 5) is 7.95. The lowest BCUT2D eigenvalue weighted by Crippen LogP contribution is -2.25. The summed E-state index contributed by atoms with van der Waals surface area (Å²) in [6, 6.07) is 7.34. The highest BCUT2D eigenvalue weighted by molar-refractivity contribution is 5.89. The van der Waals surface area contributed by atoms with Crippen LogP contribution in [0.4, 0.5) is 14.6 Å². The number of nitrogens with one attached hydrogen (secondary N) is 1. The van der Waals surface area contributed by atoms with Crippen LogP contribution in [0.3, 0.4) is 0 Å². The standard InChI is InChI=1S/C16H19F2N3O/c17-14(18)16-20-13-6-2-1-5-11(13)15(21-16)19-12-7-3-4-10(12)8-9-22/h1-2,5-6,10,12,14,22H,3-4,7-9H2,(H,19,20,21). The number of aliphatic hydroxyl groups excluding tert-OH is 1. The summed E-state index contributed by atoms with van der Waals surface area (Å²) in [5.74, 6) is 0.377. The Balaban J connectivity index is 1.95. The summed E-state index contributed by atoms with van der Waals surface area (Å²) < 4.78 is 26.0. The van der Waals surface area contributed by atoms with Crippen molar-refractivity contribution in [3.8, 4) is 0 Å². The zero-order valence-electron chi connectivity index (χ0n) is 12.2. The van der Waals surface area contributed by atoms with Gasteiger partial charge in [0, 0.05) is 18.0 Å². The van der Waals surface area contributed by atoms with Gasteiger partial charge in [-0.1, -0.05) is 18.6 Å². The lowest BCUT2D eigenvalue weighted by molar-refractivity contribution is 0.141. The number of para-hydroxylation sites is 1. The Morgan fingerprint density at radius 1 is 1.23 bits per heavy atom. The number of benzene rings is 1. The molecule has 2 aromatic rings. The van der Waals surface area contributed by atoms with Crippen molar-refractivity contribution in [2.45, 2.75) is 38.2 Å². The Labute approximate surface area is 127 Å². The quantitative estimate of drug-likeness (QED) is 0.887. The molecular weight excluding hydrogens is 288 g/mol. The number of fused-ring (bicyclic) bond motifs is 1. The third kappa shape index (κ3) is 3.02. The number of alkyl halides is 2. The van der Waals surface area contributed by atoms with Gasteiger partial charge in [0.15, 0.2) is 5.82 Å². The topological polar surface area (TPSA) is 58.0 Å². The van der Waals surface area contributed by atoms with Crippen LogP contribution in [0.5, 0.6) is 0 Å². The summed E-state index contributed by atoms with van der Waals surface area (Å²) in [7, 11) is 0. The molecule has 2 atom stereocenters. The number of hydrogen-bond acceptors (Lipinski definition) is 4. The van der Waals surface area contributed by atoms with Crippen molar-refractivity contribution in [2.24, 2.45) is 5.92 Å². The van der Waals surface area contributed by atoms with Crippen molar-refractivity contribution < 1.29 is 13.9 Å². The Kier molecular flexibility index (Phi) is 4.47. The third-order valence-corrected chi connectivity index (χ3v) is 4.30. The molecule has 1 saturated carbocycles. The normalized spacial score (nSPS) is 21.6. The van der Waals surface area contributed by atoms with Gasteiger partial charge in [0.1, 0.15) is 5.82 Å². The third-order valence-electron chi connectivity index (χ3n) is 4.30. The Bertz CT molecular complexity index is 650. The molecule has 2 unspecified atom stereocenters. The van der Waals surface area contributed by atoms with Gasteiger partial charge < -0.3 is 10.4 Å². The molecule has 1 fully saturated rings. The molecule has 2 N–H and O–H groups in total. The van der Waals surface area contributed by atoms with Crippen LogP contribution in [-0.4, -0.2) is 27.7 Å². The molecule has 0 bridgehead atoms. The summed E-state index contributed by atoms with van der Waals surface area (Å²) in [5.41, 5.74) is 0.520. The molecule has 4 nitrogen and oxygen atoms in total. The van der Waals surface area contributed by atoms with Crippen molar-refractivity contribution in [1.82, 2.24) is 9.97 Å². The van der Waals surface area contributed by atoms with Gasteiger partial charge >= 0.3 is 0 Å². The highest BCUT2D eigenvalue weighted by Crippen LogP contribution is 2.32. The predicted molar refractivity (Wildman–Crippen MR) is 80.9 cm³/mol. The van der Waals surface area contributed by atoms with Crippen LogP contribution in [0.15, 0.2) is 24.3 Å². The average molecular weight is 307 g/mol. The molecule has 0 spiro atoms. The fraction of sp³-hybridized carbons (Fsp3) is 0.500. The van der Waals surface area contributed by atoms with E-state index in [4.69, 9.17) is 5.11 Å². The number of aliphatic hydroxyl groups is 1. The fourth-order valence-electron chi connectivity index (χ4n) is 3.22. The molecule has 1 aliphatic carbocycles. The first kappa shape index (κ1) is 15.1. The molecule has 0 radical (unpaired) electrons. The SMILES string of the molecule is OCCC1CCCC1Nc1nc(C(F)F)nc2ccccc12. The molecule has 6 heteroatoms. The van der Waals surface area contributed by atoms with E-state index in [1.54, 1.807) is 12.1 Å². The first-order valence-corrected chi connectivity index (χ1v) is 7.61. The zero-order chi connectivity index (χ0) is 15.5. The molecule has 0 aliphatic heterocycles. The Hall–Kier alpha value is -1.82. The maximum absolute atomic E-state index is 13.0. The van der Waals surface area contributed by atoms with E-state index in [-0.39, 0.29) is 12.6 Å². The van der Waals surface area contributed by atoms with Crippen molar-refractivity contribution in [3.63, 3.8) is 0 Å². The van der Waals surface area contributed by atoms with Gasteiger partial charge in [0.2, 0.25) is 0 Å². The van der Waals surface area contributed by atoms with Gasteiger partial charge in [-0.25, -0.2) is 18.7 Å². The lowest BCUT2D eigenvalue weighted by atomic mass is 10.00. The monoisotopic (exact) mass is 307 g/mol. The molecule has 118 valence electrons. The number of aromatic nitrogens is 2. The van der Waals surface area contributed by atoms with Gasteiger partial charge in [-0.15, -0.1) is 0 Å².